The first-order chi connectivity index (χ1) is 7.62. The summed E-state index contributed by atoms with van der Waals surface area (Å²) in [7, 11) is 0. The fourth-order valence-corrected chi connectivity index (χ4v) is 1.82. The average Bonchev–Trinajstić information content (AvgIpc) is 2.59. The van der Waals surface area contributed by atoms with Crippen LogP contribution in [0.5, 0.6) is 0 Å². The molecule has 2 atom stereocenters. The number of aromatic nitrogens is 2. The van der Waals surface area contributed by atoms with Gasteiger partial charge >= 0.3 is 0 Å². The molecule has 0 spiro atoms. The van der Waals surface area contributed by atoms with Gasteiger partial charge in [-0.25, -0.2) is 4.98 Å². The molecule has 1 aromatic rings. The predicted octanol–water partition coefficient (Wildman–Crippen LogP) is 0.737. The lowest BCUT2D eigenvalue weighted by atomic mass is 9.97. The van der Waals surface area contributed by atoms with E-state index >= 15 is 0 Å². The number of aliphatic hydroxyl groups is 1. The molecule has 1 aliphatic rings. The summed E-state index contributed by atoms with van der Waals surface area (Å²) in [6.45, 7) is 4.82. The lowest BCUT2D eigenvalue weighted by Gasteiger charge is -2.26. The van der Waals surface area contributed by atoms with Gasteiger partial charge in [-0.1, -0.05) is 0 Å². The molecule has 2 N–H and O–H groups in total. The van der Waals surface area contributed by atoms with Crippen molar-refractivity contribution in [2.75, 3.05) is 18.5 Å². The van der Waals surface area contributed by atoms with Crippen LogP contribution >= 0.6 is 0 Å². The zero-order valence-corrected chi connectivity index (χ0v) is 9.60. The lowest BCUT2D eigenvalue weighted by molar-refractivity contribution is -0.0176. The number of aryl methyl sites for hydroxylation is 1. The maximum atomic E-state index is 10.3. The van der Waals surface area contributed by atoms with Crippen LogP contribution in [0, 0.1) is 6.92 Å². The van der Waals surface area contributed by atoms with E-state index in [1.807, 2.05) is 13.8 Å². The molecule has 0 aliphatic carbocycles. The minimum atomic E-state index is -0.802. The van der Waals surface area contributed by atoms with Crippen LogP contribution in [0.15, 0.2) is 12.4 Å². The lowest BCUT2D eigenvalue weighted by Crippen LogP contribution is -2.43. The van der Waals surface area contributed by atoms with Crippen LogP contribution in [-0.2, 0) is 4.74 Å². The molecule has 0 aromatic carbocycles. The topological polar surface area (TPSA) is 67.3 Å². The third-order valence-corrected chi connectivity index (χ3v) is 3.10. The molecule has 2 rings (SSSR count). The second-order valence-electron chi connectivity index (χ2n) is 4.21. The fourth-order valence-electron chi connectivity index (χ4n) is 1.82. The van der Waals surface area contributed by atoms with Crippen molar-refractivity contribution in [3.05, 3.63) is 18.1 Å². The van der Waals surface area contributed by atoms with Gasteiger partial charge < -0.3 is 15.2 Å². The largest absolute Gasteiger partial charge is 0.385 e. The Bertz CT molecular complexity index is 372. The summed E-state index contributed by atoms with van der Waals surface area (Å²) < 4.78 is 5.36. The average molecular weight is 223 g/mol. The molecule has 1 aliphatic heterocycles. The summed E-state index contributed by atoms with van der Waals surface area (Å²) in [6, 6.07) is 0. The third kappa shape index (κ3) is 2.15. The van der Waals surface area contributed by atoms with Gasteiger partial charge in [0.15, 0.2) is 0 Å². The van der Waals surface area contributed by atoms with E-state index in [-0.39, 0.29) is 6.10 Å². The molecular formula is C11H17N3O2. The molecule has 1 saturated heterocycles. The van der Waals surface area contributed by atoms with E-state index in [1.165, 1.54) is 0 Å². The summed E-state index contributed by atoms with van der Waals surface area (Å²) in [5, 5.41) is 13.4. The van der Waals surface area contributed by atoms with Gasteiger partial charge in [-0.3, -0.25) is 4.98 Å². The molecule has 0 saturated carbocycles. The number of nitrogens with one attached hydrogen (secondary N) is 1. The number of ether oxygens (including phenoxy) is 1. The van der Waals surface area contributed by atoms with Gasteiger partial charge in [0.05, 0.1) is 11.8 Å². The monoisotopic (exact) mass is 223 g/mol. The van der Waals surface area contributed by atoms with E-state index < -0.39 is 5.60 Å². The van der Waals surface area contributed by atoms with Gasteiger partial charge in [0.25, 0.3) is 0 Å². The first-order valence-electron chi connectivity index (χ1n) is 5.47. The molecule has 1 fully saturated rings. The number of rotatable bonds is 3. The molecule has 5 nitrogen and oxygen atoms in total. The van der Waals surface area contributed by atoms with Crippen molar-refractivity contribution in [1.29, 1.82) is 0 Å². The standard InChI is InChI=1S/C11H17N3O2/c1-8-10(13-5-4-12-8)14-7-11(15)3-6-16-9(11)2/h4-5,9,15H,3,6-7H2,1-2H3,(H,13,14). The van der Waals surface area contributed by atoms with Crippen LogP contribution in [0.3, 0.4) is 0 Å². The van der Waals surface area contributed by atoms with Gasteiger partial charge in [0.1, 0.15) is 11.4 Å². The van der Waals surface area contributed by atoms with E-state index in [0.717, 1.165) is 11.5 Å². The molecule has 5 heteroatoms. The molecular weight excluding hydrogens is 206 g/mol. The number of hydrogen-bond acceptors (Lipinski definition) is 5. The minimum absolute atomic E-state index is 0.142. The highest BCUT2D eigenvalue weighted by molar-refractivity contribution is 5.38. The van der Waals surface area contributed by atoms with Gasteiger partial charge in [-0.05, 0) is 13.8 Å². The van der Waals surface area contributed by atoms with Crippen molar-refractivity contribution in [2.45, 2.75) is 32.0 Å². The Morgan fingerprint density at radius 1 is 1.56 bits per heavy atom. The van der Waals surface area contributed by atoms with E-state index in [9.17, 15) is 5.11 Å². The van der Waals surface area contributed by atoms with Crippen molar-refractivity contribution in [1.82, 2.24) is 9.97 Å². The number of anilines is 1. The summed E-state index contributed by atoms with van der Waals surface area (Å²) in [4.78, 5) is 8.30. The normalized spacial score (nSPS) is 29.3. The zero-order chi connectivity index (χ0) is 11.6. The Morgan fingerprint density at radius 2 is 2.31 bits per heavy atom. The van der Waals surface area contributed by atoms with Crippen LogP contribution in [0.4, 0.5) is 5.82 Å². The van der Waals surface area contributed by atoms with Crippen LogP contribution < -0.4 is 5.32 Å². The summed E-state index contributed by atoms with van der Waals surface area (Å²) >= 11 is 0. The molecule has 1 aromatic heterocycles. The SMILES string of the molecule is Cc1nccnc1NCC1(O)CCOC1C. The molecule has 2 unspecified atom stereocenters. The van der Waals surface area contributed by atoms with E-state index in [2.05, 4.69) is 15.3 Å². The summed E-state index contributed by atoms with van der Waals surface area (Å²) in [6.07, 6.45) is 3.79. The number of hydrogen-bond donors (Lipinski definition) is 2. The first-order valence-corrected chi connectivity index (χ1v) is 5.47. The highest BCUT2D eigenvalue weighted by Gasteiger charge is 2.39. The van der Waals surface area contributed by atoms with Crippen LogP contribution in [0.1, 0.15) is 19.0 Å². The van der Waals surface area contributed by atoms with Gasteiger partial charge in [-0.2, -0.15) is 0 Å². The van der Waals surface area contributed by atoms with Crippen molar-refractivity contribution in [3.63, 3.8) is 0 Å². The summed E-state index contributed by atoms with van der Waals surface area (Å²) in [5.74, 6) is 0.718. The second-order valence-corrected chi connectivity index (χ2v) is 4.21. The second kappa shape index (κ2) is 4.35. The Morgan fingerprint density at radius 3 is 2.94 bits per heavy atom. The smallest absolute Gasteiger partial charge is 0.147 e. The maximum absolute atomic E-state index is 10.3. The van der Waals surface area contributed by atoms with E-state index in [1.54, 1.807) is 12.4 Å². The molecule has 0 radical (unpaired) electrons. The predicted molar refractivity (Wildman–Crippen MR) is 60.2 cm³/mol. The Labute approximate surface area is 94.9 Å². The Kier molecular flexibility index (Phi) is 3.07. The van der Waals surface area contributed by atoms with Gasteiger partial charge in [-0.15, -0.1) is 0 Å². The molecule has 0 bridgehead atoms. The highest BCUT2D eigenvalue weighted by Crippen LogP contribution is 2.25. The zero-order valence-electron chi connectivity index (χ0n) is 9.60. The van der Waals surface area contributed by atoms with Crippen molar-refractivity contribution < 1.29 is 9.84 Å². The summed E-state index contributed by atoms with van der Waals surface area (Å²) in [5.41, 5.74) is 0.0295. The molecule has 0 amide bonds. The molecule has 2 heterocycles. The first kappa shape index (κ1) is 11.3. The van der Waals surface area contributed by atoms with Crippen molar-refractivity contribution in [2.24, 2.45) is 0 Å². The maximum Gasteiger partial charge on any atom is 0.147 e. The Balaban J connectivity index is 2.00. The minimum Gasteiger partial charge on any atom is -0.385 e. The van der Waals surface area contributed by atoms with Crippen molar-refractivity contribution >= 4 is 5.82 Å². The van der Waals surface area contributed by atoms with Crippen LogP contribution in [-0.4, -0.2) is 39.9 Å². The Hall–Kier alpha value is -1.20. The van der Waals surface area contributed by atoms with Crippen LogP contribution in [0.2, 0.25) is 0 Å². The molecule has 88 valence electrons. The third-order valence-electron chi connectivity index (χ3n) is 3.10. The van der Waals surface area contributed by atoms with E-state index in [0.29, 0.717) is 19.6 Å². The van der Waals surface area contributed by atoms with Crippen LogP contribution in [0.25, 0.3) is 0 Å². The van der Waals surface area contributed by atoms with Crippen molar-refractivity contribution in [3.8, 4) is 0 Å². The molecule has 16 heavy (non-hydrogen) atoms. The van der Waals surface area contributed by atoms with E-state index in [4.69, 9.17) is 4.74 Å². The quantitative estimate of drug-likeness (QED) is 0.791. The fraction of sp³-hybridized carbons (Fsp3) is 0.636. The number of nitrogens with zero attached hydrogens (tertiary/aromatic N) is 2. The van der Waals surface area contributed by atoms with Gasteiger partial charge in [0, 0.05) is 32.0 Å². The van der Waals surface area contributed by atoms with Gasteiger partial charge in [0.2, 0.25) is 0 Å². The highest BCUT2D eigenvalue weighted by atomic mass is 16.5.